The Bertz CT molecular complexity index is 947. The van der Waals surface area contributed by atoms with Gasteiger partial charge in [-0.05, 0) is 54.6 Å². The molecule has 4 rings (SSSR count). The van der Waals surface area contributed by atoms with Crippen LogP contribution in [-0.2, 0) is 0 Å². The number of rotatable bonds is 3. The molecule has 2 heterocycles. The lowest BCUT2D eigenvalue weighted by Gasteiger charge is -2.06. The highest BCUT2D eigenvalue weighted by Gasteiger charge is 2.07. The molecule has 0 saturated heterocycles. The third-order valence-electron chi connectivity index (χ3n) is 3.50. The van der Waals surface area contributed by atoms with E-state index in [9.17, 15) is 5.11 Å². The highest BCUT2D eigenvalue weighted by Crippen LogP contribution is 2.27. The van der Waals surface area contributed by atoms with Crippen LogP contribution >= 0.6 is 0 Å². The third kappa shape index (κ3) is 2.60. The van der Waals surface area contributed by atoms with E-state index >= 15 is 0 Å². The van der Waals surface area contributed by atoms with Gasteiger partial charge in [0.25, 0.3) is 0 Å². The summed E-state index contributed by atoms with van der Waals surface area (Å²) in [7, 11) is 0. The van der Waals surface area contributed by atoms with Crippen molar-refractivity contribution >= 4 is 10.9 Å². The number of ether oxygens (including phenoxy) is 1. The number of benzene rings is 2. The maximum Gasteiger partial charge on any atom is 0.128 e. The van der Waals surface area contributed by atoms with E-state index in [4.69, 9.17) is 4.74 Å². The standard InChI is InChI=1S/C18H13N3O2/c22-15-3-5-16(6-4-15)23-17-7-8-18-13(10-17)11-20-21(18)14-2-1-9-19-12-14/h1-12,22H. The zero-order chi connectivity index (χ0) is 15.6. The first-order valence-corrected chi connectivity index (χ1v) is 7.15. The maximum absolute atomic E-state index is 9.30. The maximum atomic E-state index is 9.30. The van der Waals surface area contributed by atoms with Crippen LogP contribution in [-0.4, -0.2) is 19.9 Å². The molecule has 5 heteroatoms. The van der Waals surface area contributed by atoms with Crippen LogP contribution in [0.5, 0.6) is 17.2 Å². The van der Waals surface area contributed by atoms with E-state index in [1.165, 1.54) is 0 Å². The van der Waals surface area contributed by atoms with Crippen molar-refractivity contribution in [2.75, 3.05) is 0 Å². The van der Waals surface area contributed by atoms with E-state index in [1.807, 2.05) is 35.0 Å². The predicted octanol–water partition coefficient (Wildman–Crippen LogP) is 3.92. The molecule has 2 aromatic carbocycles. The van der Waals surface area contributed by atoms with Crippen molar-refractivity contribution in [1.29, 1.82) is 0 Å². The van der Waals surface area contributed by atoms with Gasteiger partial charge < -0.3 is 9.84 Å². The molecule has 23 heavy (non-hydrogen) atoms. The van der Waals surface area contributed by atoms with Gasteiger partial charge in [0.1, 0.15) is 17.2 Å². The Kier molecular flexibility index (Phi) is 3.16. The van der Waals surface area contributed by atoms with Crippen LogP contribution < -0.4 is 4.74 Å². The lowest BCUT2D eigenvalue weighted by Crippen LogP contribution is -1.95. The van der Waals surface area contributed by atoms with Gasteiger partial charge in [0, 0.05) is 11.6 Å². The molecule has 1 N–H and O–H groups in total. The molecular formula is C18H13N3O2. The molecule has 0 amide bonds. The Labute approximate surface area is 132 Å². The van der Waals surface area contributed by atoms with Gasteiger partial charge in [0.2, 0.25) is 0 Å². The average Bonchev–Trinajstić information content (AvgIpc) is 3.01. The second-order valence-electron chi connectivity index (χ2n) is 5.08. The molecule has 0 bridgehead atoms. The second-order valence-corrected chi connectivity index (χ2v) is 5.08. The molecule has 0 unspecified atom stereocenters. The van der Waals surface area contributed by atoms with Gasteiger partial charge in [-0.25, -0.2) is 4.68 Å². The lowest BCUT2D eigenvalue weighted by atomic mass is 10.2. The number of hydrogen-bond acceptors (Lipinski definition) is 4. The first-order valence-electron chi connectivity index (χ1n) is 7.15. The smallest absolute Gasteiger partial charge is 0.128 e. The van der Waals surface area contributed by atoms with E-state index in [0.717, 1.165) is 16.6 Å². The molecule has 0 radical (unpaired) electrons. The Morgan fingerprint density at radius 3 is 2.52 bits per heavy atom. The van der Waals surface area contributed by atoms with Crippen LogP contribution in [0.1, 0.15) is 0 Å². The largest absolute Gasteiger partial charge is 0.508 e. The van der Waals surface area contributed by atoms with Crippen LogP contribution in [0.3, 0.4) is 0 Å². The number of hydrogen-bond donors (Lipinski definition) is 1. The van der Waals surface area contributed by atoms with E-state index in [1.54, 1.807) is 42.9 Å². The van der Waals surface area contributed by atoms with Crippen molar-refractivity contribution in [1.82, 2.24) is 14.8 Å². The molecular weight excluding hydrogens is 290 g/mol. The summed E-state index contributed by atoms with van der Waals surface area (Å²) in [5.74, 6) is 1.60. The van der Waals surface area contributed by atoms with Gasteiger partial charge in [-0.3, -0.25) is 4.98 Å². The molecule has 2 aromatic heterocycles. The van der Waals surface area contributed by atoms with E-state index in [-0.39, 0.29) is 5.75 Å². The molecule has 0 spiro atoms. The summed E-state index contributed by atoms with van der Waals surface area (Å²) in [4.78, 5) is 4.12. The van der Waals surface area contributed by atoms with Crippen molar-refractivity contribution in [2.45, 2.75) is 0 Å². The molecule has 0 atom stereocenters. The molecule has 0 aliphatic carbocycles. The van der Waals surface area contributed by atoms with Crippen LogP contribution in [0.2, 0.25) is 0 Å². The van der Waals surface area contributed by atoms with Crippen molar-refractivity contribution < 1.29 is 9.84 Å². The zero-order valence-corrected chi connectivity index (χ0v) is 12.1. The summed E-state index contributed by atoms with van der Waals surface area (Å²) in [6.45, 7) is 0. The van der Waals surface area contributed by atoms with Crippen LogP contribution in [0, 0.1) is 0 Å². The van der Waals surface area contributed by atoms with Crippen molar-refractivity contribution in [3.63, 3.8) is 0 Å². The van der Waals surface area contributed by atoms with Gasteiger partial charge >= 0.3 is 0 Å². The third-order valence-corrected chi connectivity index (χ3v) is 3.50. The number of pyridine rings is 1. The Morgan fingerprint density at radius 1 is 0.913 bits per heavy atom. The van der Waals surface area contributed by atoms with E-state index in [2.05, 4.69) is 10.1 Å². The highest BCUT2D eigenvalue weighted by molar-refractivity contribution is 5.81. The van der Waals surface area contributed by atoms with Gasteiger partial charge in [-0.1, -0.05) is 0 Å². The molecule has 112 valence electrons. The quantitative estimate of drug-likeness (QED) is 0.623. The molecule has 0 fully saturated rings. The Morgan fingerprint density at radius 2 is 1.74 bits per heavy atom. The zero-order valence-electron chi connectivity index (χ0n) is 12.1. The summed E-state index contributed by atoms with van der Waals surface area (Å²) >= 11 is 0. The number of aromatic hydroxyl groups is 1. The number of aromatic nitrogens is 3. The first-order chi connectivity index (χ1) is 11.3. The van der Waals surface area contributed by atoms with Crippen LogP contribution in [0.25, 0.3) is 16.6 Å². The topological polar surface area (TPSA) is 60.2 Å². The summed E-state index contributed by atoms with van der Waals surface area (Å²) in [5.41, 5.74) is 1.89. The molecule has 0 aliphatic heterocycles. The van der Waals surface area contributed by atoms with E-state index < -0.39 is 0 Å². The normalized spacial score (nSPS) is 10.8. The van der Waals surface area contributed by atoms with E-state index in [0.29, 0.717) is 11.5 Å². The summed E-state index contributed by atoms with van der Waals surface area (Å²) in [6.07, 6.45) is 5.30. The first kappa shape index (κ1) is 13.3. The fraction of sp³-hybridized carbons (Fsp3) is 0. The second kappa shape index (κ2) is 5.46. The average molecular weight is 303 g/mol. The number of phenols is 1. The van der Waals surface area contributed by atoms with Gasteiger partial charge in [-0.2, -0.15) is 5.10 Å². The van der Waals surface area contributed by atoms with Gasteiger partial charge in [0.05, 0.1) is 23.6 Å². The van der Waals surface area contributed by atoms with Gasteiger partial charge in [0.15, 0.2) is 0 Å². The monoisotopic (exact) mass is 303 g/mol. The summed E-state index contributed by atoms with van der Waals surface area (Å²) in [6, 6.07) is 16.3. The summed E-state index contributed by atoms with van der Waals surface area (Å²) in [5, 5.41) is 14.7. The SMILES string of the molecule is Oc1ccc(Oc2ccc3c(cnn3-c3cccnc3)c2)cc1. The van der Waals surface area contributed by atoms with Crippen molar-refractivity contribution in [3.05, 3.63) is 73.2 Å². The Balaban J connectivity index is 1.68. The minimum absolute atomic E-state index is 0.213. The molecule has 0 aliphatic rings. The van der Waals surface area contributed by atoms with Crippen LogP contribution in [0.15, 0.2) is 73.2 Å². The minimum Gasteiger partial charge on any atom is -0.508 e. The Hall–Kier alpha value is -3.34. The fourth-order valence-electron chi connectivity index (χ4n) is 2.41. The number of phenolic OH excluding ortho intramolecular Hbond substituents is 1. The molecule has 4 aromatic rings. The van der Waals surface area contributed by atoms with Crippen molar-refractivity contribution in [2.24, 2.45) is 0 Å². The van der Waals surface area contributed by atoms with Gasteiger partial charge in [-0.15, -0.1) is 0 Å². The molecule has 0 saturated carbocycles. The number of fused-ring (bicyclic) bond motifs is 1. The summed E-state index contributed by atoms with van der Waals surface area (Å²) < 4.78 is 7.64. The fourth-order valence-corrected chi connectivity index (χ4v) is 2.41. The van der Waals surface area contributed by atoms with Crippen molar-refractivity contribution in [3.8, 4) is 22.9 Å². The minimum atomic E-state index is 0.213. The lowest BCUT2D eigenvalue weighted by molar-refractivity contribution is 0.464. The van der Waals surface area contributed by atoms with Crippen LogP contribution in [0.4, 0.5) is 0 Å². The predicted molar refractivity (Wildman–Crippen MR) is 87.0 cm³/mol. The number of nitrogens with zero attached hydrogens (tertiary/aromatic N) is 3. The molecule has 5 nitrogen and oxygen atoms in total. The highest BCUT2D eigenvalue weighted by atomic mass is 16.5.